The first-order valence-electron chi connectivity index (χ1n) is 3.96. The third-order valence-electron chi connectivity index (χ3n) is 1.52. The minimum Gasteiger partial charge on any atom is -0.394 e. The zero-order valence-electron chi connectivity index (χ0n) is 7.03. The van der Waals surface area contributed by atoms with Crippen molar-refractivity contribution in [1.29, 1.82) is 0 Å². The Balaban J connectivity index is 2.20. The van der Waals surface area contributed by atoms with E-state index in [1.807, 2.05) is 12.1 Å². The predicted octanol–water partition coefficient (Wildman–Crippen LogP) is 0.953. The van der Waals surface area contributed by atoms with E-state index >= 15 is 0 Å². The lowest BCUT2D eigenvalue weighted by molar-refractivity contribution is 0.0943. The number of halogens is 1. The first-order chi connectivity index (χ1) is 6.22. The first-order valence-corrected chi connectivity index (χ1v) is 5.57. The fraction of sp³-hybridized carbons (Fsp3) is 0.500. The van der Waals surface area contributed by atoms with Crippen LogP contribution in [0.4, 0.5) is 0 Å². The Labute approximate surface area is 89.5 Å². The van der Waals surface area contributed by atoms with Crippen LogP contribution in [0.15, 0.2) is 15.9 Å². The van der Waals surface area contributed by atoms with Crippen LogP contribution in [-0.4, -0.2) is 29.5 Å². The average molecular weight is 266 g/mol. The fourth-order valence-corrected chi connectivity index (χ4v) is 2.33. The van der Waals surface area contributed by atoms with Gasteiger partial charge < -0.3 is 15.5 Å². The number of nitrogens with one attached hydrogen (secondary N) is 1. The second kappa shape index (κ2) is 5.72. The SMILES string of the molecule is OCC(O)CNCc1ccc(Br)s1. The highest BCUT2D eigenvalue weighted by atomic mass is 79.9. The summed E-state index contributed by atoms with van der Waals surface area (Å²) < 4.78 is 1.10. The summed E-state index contributed by atoms with van der Waals surface area (Å²) in [4.78, 5) is 1.21. The van der Waals surface area contributed by atoms with Crippen LogP contribution in [0.1, 0.15) is 4.88 Å². The Bertz CT molecular complexity index is 254. The first kappa shape index (κ1) is 11.1. The molecular formula is C8H12BrNO2S. The van der Waals surface area contributed by atoms with E-state index in [4.69, 9.17) is 10.2 Å². The lowest BCUT2D eigenvalue weighted by Crippen LogP contribution is -2.28. The van der Waals surface area contributed by atoms with Crippen molar-refractivity contribution in [2.24, 2.45) is 0 Å². The topological polar surface area (TPSA) is 52.5 Å². The lowest BCUT2D eigenvalue weighted by atomic mass is 10.3. The molecule has 1 aromatic heterocycles. The predicted molar refractivity (Wildman–Crippen MR) is 56.8 cm³/mol. The third-order valence-corrected chi connectivity index (χ3v) is 3.14. The van der Waals surface area contributed by atoms with Gasteiger partial charge in [0.05, 0.1) is 16.5 Å². The molecule has 0 aliphatic heterocycles. The second-order valence-electron chi connectivity index (χ2n) is 2.67. The van der Waals surface area contributed by atoms with Gasteiger partial charge in [-0.05, 0) is 28.1 Å². The van der Waals surface area contributed by atoms with E-state index in [2.05, 4.69) is 21.2 Å². The zero-order chi connectivity index (χ0) is 9.68. The summed E-state index contributed by atoms with van der Waals surface area (Å²) in [6.45, 7) is 0.959. The smallest absolute Gasteiger partial charge is 0.0895 e. The molecule has 1 aromatic rings. The number of hydrogen-bond donors (Lipinski definition) is 3. The zero-order valence-corrected chi connectivity index (χ0v) is 9.44. The van der Waals surface area contributed by atoms with Gasteiger partial charge in [-0.1, -0.05) is 0 Å². The van der Waals surface area contributed by atoms with Crippen LogP contribution in [0.5, 0.6) is 0 Å². The van der Waals surface area contributed by atoms with Gasteiger partial charge in [-0.25, -0.2) is 0 Å². The maximum absolute atomic E-state index is 9.02. The van der Waals surface area contributed by atoms with Gasteiger partial charge in [0.15, 0.2) is 0 Å². The van der Waals surface area contributed by atoms with E-state index in [0.29, 0.717) is 6.54 Å². The molecule has 0 aliphatic rings. The Morgan fingerprint density at radius 2 is 2.31 bits per heavy atom. The maximum atomic E-state index is 9.02. The molecule has 0 spiro atoms. The summed E-state index contributed by atoms with van der Waals surface area (Å²) in [7, 11) is 0. The van der Waals surface area contributed by atoms with Crippen molar-refractivity contribution < 1.29 is 10.2 Å². The largest absolute Gasteiger partial charge is 0.394 e. The van der Waals surface area contributed by atoms with Crippen LogP contribution in [-0.2, 0) is 6.54 Å². The van der Waals surface area contributed by atoms with Gasteiger partial charge in [-0.15, -0.1) is 11.3 Å². The fourth-order valence-electron chi connectivity index (χ4n) is 0.873. The number of hydrogen-bond acceptors (Lipinski definition) is 4. The van der Waals surface area contributed by atoms with Gasteiger partial charge in [-0.3, -0.25) is 0 Å². The Hall–Kier alpha value is 0.0600. The van der Waals surface area contributed by atoms with E-state index in [1.54, 1.807) is 11.3 Å². The molecule has 5 heteroatoms. The summed E-state index contributed by atoms with van der Waals surface area (Å²) in [6, 6.07) is 4.01. The molecule has 0 aromatic carbocycles. The number of thiophene rings is 1. The summed E-state index contributed by atoms with van der Waals surface area (Å²) >= 11 is 5.03. The molecule has 0 bridgehead atoms. The molecule has 0 saturated carbocycles. The Kier molecular flexibility index (Phi) is 4.90. The minimum atomic E-state index is -0.664. The summed E-state index contributed by atoms with van der Waals surface area (Å²) in [5, 5.41) is 20.6. The summed E-state index contributed by atoms with van der Waals surface area (Å²) in [5.41, 5.74) is 0. The van der Waals surface area contributed by atoms with Crippen molar-refractivity contribution in [2.75, 3.05) is 13.2 Å². The van der Waals surface area contributed by atoms with Crippen molar-refractivity contribution >= 4 is 27.3 Å². The molecule has 1 unspecified atom stereocenters. The molecule has 0 saturated heterocycles. The van der Waals surface area contributed by atoms with Crippen LogP contribution < -0.4 is 5.32 Å². The molecular weight excluding hydrogens is 254 g/mol. The van der Waals surface area contributed by atoms with Crippen LogP contribution >= 0.6 is 27.3 Å². The van der Waals surface area contributed by atoms with E-state index in [-0.39, 0.29) is 6.61 Å². The van der Waals surface area contributed by atoms with Gasteiger partial charge >= 0.3 is 0 Å². The van der Waals surface area contributed by atoms with E-state index in [1.165, 1.54) is 4.88 Å². The van der Waals surface area contributed by atoms with Crippen LogP contribution in [0.25, 0.3) is 0 Å². The molecule has 3 nitrogen and oxygen atoms in total. The summed E-state index contributed by atoms with van der Waals surface area (Å²) in [5.74, 6) is 0. The monoisotopic (exact) mass is 265 g/mol. The van der Waals surface area contributed by atoms with Crippen molar-refractivity contribution in [2.45, 2.75) is 12.6 Å². The minimum absolute atomic E-state index is 0.193. The molecule has 74 valence electrons. The van der Waals surface area contributed by atoms with Gasteiger partial charge in [0.1, 0.15) is 0 Å². The van der Waals surface area contributed by atoms with Crippen LogP contribution in [0, 0.1) is 0 Å². The molecule has 0 radical (unpaired) electrons. The van der Waals surface area contributed by atoms with Crippen LogP contribution in [0.2, 0.25) is 0 Å². The molecule has 0 amide bonds. The number of rotatable bonds is 5. The van der Waals surface area contributed by atoms with E-state index in [9.17, 15) is 0 Å². The summed E-state index contributed by atoms with van der Waals surface area (Å²) in [6.07, 6.45) is -0.664. The second-order valence-corrected chi connectivity index (χ2v) is 5.22. The van der Waals surface area contributed by atoms with Crippen molar-refractivity contribution in [1.82, 2.24) is 5.32 Å². The molecule has 0 aliphatic carbocycles. The normalized spacial score (nSPS) is 13.2. The molecule has 1 rings (SSSR count). The maximum Gasteiger partial charge on any atom is 0.0895 e. The molecule has 1 heterocycles. The quantitative estimate of drug-likeness (QED) is 0.744. The molecule has 0 fully saturated rings. The van der Waals surface area contributed by atoms with Gasteiger partial charge in [0.25, 0.3) is 0 Å². The highest BCUT2D eigenvalue weighted by Gasteiger charge is 2.01. The van der Waals surface area contributed by atoms with Crippen molar-refractivity contribution in [3.05, 3.63) is 20.8 Å². The average Bonchev–Trinajstić information content (AvgIpc) is 2.51. The number of aliphatic hydroxyl groups excluding tert-OH is 2. The van der Waals surface area contributed by atoms with Gasteiger partial charge in [-0.2, -0.15) is 0 Å². The highest BCUT2D eigenvalue weighted by molar-refractivity contribution is 9.11. The Morgan fingerprint density at radius 3 is 2.85 bits per heavy atom. The standard InChI is InChI=1S/C8H12BrNO2S/c9-8-2-1-7(13-8)4-10-3-6(12)5-11/h1-2,6,10-12H,3-5H2. The van der Waals surface area contributed by atoms with Crippen LogP contribution in [0.3, 0.4) is 0 Å². The Morgan fingerprint density at radius 1 is 1.54 bits per heavy atom. The van der Waals surface area contributed by atoms with E-state index < -0.39 is 6.10 Å². The van der Waals surface area contributed by atoms with Gasteiger partial charge in [0, 0.05) is 18.0 Å². The lowest BCUT2D eigenvalue weighted by Gasteiger charge is -2.07. The molecule has 1 atom stereocenters. The number of aliphatic hydroxyl groups is 2. The molecule has 13 heavy (non-hydrogen) atoms. The van der Waals surface area contributed by atoms with Crippen molar-refractivity contribution in [3.63, 3.8) is 0 Å². The van der Waals surface area contributed by atoms with E-state index in [0.717, 1.165) is 10.3 Å². The molecule has 3 N–H and O–H groups in total. The van der Waals surface area contributed by atoms with Crippen molar-refractivity contribution in [3.8, 4) is 0 Å². The third kappa shape index (κ3) is 4.19. The highest BCUT2D eigenvalue weighted by Crippen LogP contribution is 2.21. The van der Waals surface area contributed by atoms with Gasteiger partial charge in [0.2, 0.25) is 0 Å².